The highest BCUT2D eigenvalue weighted by molar-refractivity contribution is 14.1. The number of fused-ring (bicyclic) bond motifs is 1. The number of nitrogens with two attached hydrogens (primary N) is 2. The molecule has 1 fully saturated rings. The summed E-state index contributed by atoms with van der Waals surface area (Å²) in [6, 6.07) is 6.22. The fourth-order valence-corrected chi connectivity index (χ4v) is 5.53. The van der Waals surface area contributed by atoms with Crippen LogP contribution in [0.3, 0.4) is 0 Å². The number of aromatic nitrogens is 4. The molecule has 7 nitrogen and oxygen atoms in total. The molecule has 2 heterocycles. The minimum absolute atomic E-state index is 0.198. The second-order valence-electron chi connectivity index (χ2n) is 7.37. The maximum atomic E-state index is 6.52. The molecule has 0 radical (unpaired) electrons. The van der Waals surface area contributed by atoms with Gasteiger partial charge in [0.05, 0.1) is 7.11 Å². The van der Waals surface area contributed by atoms with Crippen molar-refractivity contribution < 1.29 is 4.74 Å². The normalized spacial score (nSPS) is 15.8. The van der Waals surface area contributed by atoms with Crippen LogP contribution >= 0.6 is 34.4 Å². The van der Waals surface area contributed by atoms with E-state index in [1.807, 2.05) is 18.2 Å². The van der Waals surface area contributed by atoms with Gasteiger partial charge in [0.1, 0.15) is 12.1 Å². The third kappa shape index (κ3) is 4.46. The molecule has 1 aromatic carbocycles. The molecule has 9 heteroatoms. The molecule has 1 atom stereocenters. The highest BCUT2D eigenvalue weighted by atomic mass is 127. The molecule has 1 unspecified atom stereocenters. The van der Waals surface area contributed by atoms with Crippen molar-refractivity contribution in [2.24, 2.45) is 11.7 Å². The number of hydrogen-bond donors (Lipinski definition) is 2. The lowest BCUT2D eigenvalue weighted by atomic mass is 9.96. The smallest absolute Gasteiger partial charge is 0.175 e. The fraction of sp³-hybridized carbons (Fsp3) is 0.450. The lowest BCUT2D eigenvalue weighted by Crippen LogP contribution is -2.29. The van der Waals surface area contributed by atoms with Gasteiger partial charge in [-0.05, 0) is 66.0 Å². The van der Waals surface area contributed by atoms with Crippen molar-refractivity contribution in [3.63, 3.8) is 0 Å². The van der Waals surface area contributed by atoms with E-state index in [4.69, 9.17) is 21.2 Å². The Balaban J connectivity index is 1.65. The minimum atomic E-state index is 0.198. The monoisotopic (exact) mass is 524 g/mol. The molecule has 29 heavy (non-hydrogen) atoms. The molecule has 154 valence electrons. The second-order valence-corrected chi connectivity index (χ2v) is 9.54. The fourth-order valence-electron chi connectivity index (χ4n) is 3.90. The molecule has 1 aliphatic carbocycles. The summed E-state index contributed by atoms with van der Waals surface area (Å²) in [5.41, 5.74) is 14.0. The Bertz CT molecular complexity index is 1000. The van der Waals surface area contributed by atoms with Crippen molar-refractivity contribution >= 4 is 51.3 Å². The van der Waals surface area contributed by atoms with E-state index in [1.54, 1.807) is 18.9 Å². The number of ether oxygens (including phenoxy) is 1. The third-order valence-electron chi connectivity index (χ3n) is 5.56. The van der Waals surface area contributed by atoms with Crippen LogP contribution in [-0.2, 0) is 6.54 Å². The molecular formula is C20H25IN6OS. The predicted octanol–water partition coefficient (Wildman–Crippen LogP) is 4.08. The van der Waals surface area contributed by atoms with Crippen LogP contribution in [0.1, 0.15) is 32.1 Å². The molecule has 0 saturated heterocycles. The van der Waals surface area contributed by atoms with Gasteiger partial charge >= 0.3 is 0 Å². The quantitative estimate of drug-likeness (QED) is 0.449. The van der Waals surface area contributed by atoms with Crippen LogP contribution in [0.25, 0.3) is 11.2 Å². The Hall–Kier alpha value is -1.59. The van der Waals surface area contributed by atoms with E-state index in [0.29, 0.717) is 17.3 Å². The summed E-state index contributed by atoms with van der Waals surface area (Å²) < 4.78 is 8.65. The zero-order chi connectivity index (χ0) is 20.4. The highest BCUT2D eigenvalue weighted by Gasteiger charge is 2.23. The Kier molecular flexibility index (Phi) is 6.45. The molecule has 0 spiro atoms. The van der Waals surface area contributed by atoms with Crippen LogP contribution in [0.5, 0.6) is 5.75 Å². The Morgan fingerprint density at radius 2 is 2.10 bits per heavy atom. The van der Waals surface area contributed by atoms with Gasteiger partial charge in [-0.2, -0.15) is 0 Å². The molecule has 4 N–H and O–H groups in total. The van der Waals surface area contributed by atoms with Crippen LogP contribution in [-0.4, -0.2) is 32.7 Å². The van der Waals surface area contributed by atoms with Crippen molar-refractivity contribution in [3.05, 3.63) is 28.1 Å². The molecule has 0 aliphatic heterocycles. The SMILES string of the molecule is COc1ccc(I)c(Sc2nc3c(N)ncnc3n2CCC(N)C2CCCC2)c1. The van der Waals surface area contributed by atoms with Crippen LogP contribution in [0.4, 0.5) is 5.82 Å². The number of aryl methyl sites for hydroxylation is 1. The molecular weight excluding hydrogens is 499 g/mol. The van der Waals surface area contributed by atoms with Gasteiger partial charge in [-0.1, -0.05) is 24.6 Å². The van der Waals surface area contributed by atoms with Gasteiger partial charge in [-0.25, -0.2) is 15.0 Å². The van der Waals surface area contributed by atoms with Crippen molar-refractivity contribution in [2.75, 3.05) is 12.8 Å². The van der Waals surface area contributed by atoms with E-state index < -0.39 is 0 Å². The number of imidazole rings is 1. The first kappa shape index (κ1) is 20.7. The zero-order valence-electron chi connectivity index (χ0n) is 16.3. The number of hydrogen-bond acceptors (Lipinski definition) is 7. The summed E-state index contributed by atoms with van der Waals surface area (Å²) in [7, 11) is 1.67. The second kappa shape index (κ2) is 9.05. The lowest BCUT2D eigenvalue weighted by molar-refractivity contribution is 0.387. The summed E-state index contributed by atoms with van der Waals surface area (Å²) >= 11 is 3.92. The minimum Gasteiger partial charge on any atom is -0.497 e. The van der Waals surface area contributed by atoms with Crippen molar-refractivity contribution in [1.29, 1.82) is 0 Å². The standard InChI is InChI=1S/C20H25IN6OS/c1-28-13-6-7-14(21)16(10-13)29-20-26-17-18(23)24-11-25-19(17)27(20)9-8-15(22)12-4-2-3-5-12/h6-7,10-12,15H,2-5,8-9,22H2,1H3,(H2,23,24,25). The van der Waals surface area contributed by atoms with Gasteiger partial charge in [-0.3, -0.25) is 0 Å². The lowest BCUT2D eigenvalue weighted by Gasteiger charge is -2.19. The number of rotatable bonds is 7. The molecule has 2 aromatic heterocycles. The van der Waals surface area contributed by atoms with Crippen LogP contribution in [0.15, 0.2) is 34.6 Å². The number of methoxy groups -OCH3 is 1. The highest BCUT2D eigenvalue weighted by Crippen LogP contribution is 2.36. The van der Waals surface area contributed by atoms with E-state index in [1.165, 1.54) is 32.0 Å². The van der Waals surface area contributed by atoms with Gasteiger partial charge in [0.15, 0.2) is 22.1 Å². The van der Waals surface area contributed by atoms with Crippen LogP contribution in [0.2, 0.25) is 0 Å². The molecule has 3 aromatic rings. The van der Waals surface area contributed by atoms with E-state index in [-0.39, 0.29) is 6.04 Å². The molecule has 4 rings (SSSR count). The maximum Gasteiger partial charge on any atom is 0.175 e. The number of halogens is 1. The maximum absolute atomic E-state index is 6.52. The summed E-state index contributed by atoms with van der Waals surface area (Å²) in [6.07, 6.45) is 7.46. The van der Waals surface area contributed by atoms with Gasteiger partial charge < -0.3 is 20.8 Å². The predicted molar refractivity (Wildman–Crippen MR) is 124 cm³/mol. The average molecular weight is 524 g/mol. The van der Waals surface area contributed by atoms with Gasteiger partial charge in [-0.15, -0.1) is 0 Å². The van der Waals surface area contributed by atoms with E-state index in [9.17, 15) is 0 Å². The summed E-state index contributed by atoms with van der Waals surface area (Å²) in [4.78, 5) is 14.4. The number of benzene rings is 1. The first-order valence-electron chi connectivity index (χ1n) is 9.80. The molecule has 1 saturated carbocycles. The number of nitrogens with zero attached hydrogens (tertiary/aromatic N) is 4. The third-order valence-corrected chi connectivity index (χ3v) is 7.91. The Morgan fingerprint density at radius 1 is 1.31 bits per heavy atom. The largest absolute Gasteiger partial charge is 0.497 e. The average Bonchev–Trinajstić information content (AvgIpc) is 3.37. The van der Waals surface area contributed by atoms with Crippen LogP contribution < -0.4 is 16.2 Å². The zero-order valence-corrected chi connectivity index (χ0v) is 19.3. The van der Waals surface area contributed by atoms with Gasteiger partial charge in [0.25, 0.3) is 0 Å². The molecule has 1 aliphatic rings. The number of nitrogen functional groups attached to an aromatic ring is 1. The molecule has 0 amide bonds. The number of anilines is 1. The van der Waals surface area contributed by atoms with Crippen molar-refractivity contribution in [3.8, 4) is 5.75 Å². The van der Waals surface area contributed by atoms with Crippen molar-refractivity contribution in [1.82, 2.24) is 19.5 Å². The summed E-state index contributed by atoms with van der Waals surface area (Å²) in [5.74, 6) is 1.84. The van der Waals surface area contributed by atoms with Crippen molar-refractivity contribution in [2.45, 2.75) is 54.7 Å². The summed E-state index contributed by atoms with van der Waals surface area (Å²) in [5, 5.41) is 0.844. The Morgan fingerprint density at radius 3 is 2.86 bits per heavy atom. The van der Waals surface area contributed by atoms with Gasteiger partial charge in [0.2, 0.25) is 0 Å². The van der Waals surface area contributed by atoms with E-state index in [0.717, 1.165) is 38.0 Å². The Labute approximate surface area is 188 Å². The molecule has 0 bridgehead atoms. The summed E-state index contributed by atoms with van der Waals surface area (Å²) in [6.45, 7) is 0.757. The first-order valence-corrected chi connectivity index (χ1v) is 11.7. The first-order chi connectivity index (χ1) is 14.1. The topological polar surface area (TPSA) is 105 Å². The van der Waals surface area contributed by atoms with Crippen LogP contribution in [0, 0.1) is 9.49 Å². The van der Waals surface area contributed by atoms with E-state index in [2.05, 4.69) is 37.1 Å². The van der Waals surface area contributed by atoms with E-state index >= 15 is 0 Å². The van der Waals surface area contributed by atoms with Gasteiger partial charge in [0, 0.05) is 21.1 Å².